The van der Waals surface area contributed by atoms with E-state index in [1.54, 1.807) is 17.3 Å². The lowest BCUT2D eigenvalue weighted by molar-refractivity contribution is -0.00575. The quantitative estimate of drug-likeness (QED) is 0.750. The van der Waals surface area contributed by atoms with Crippen molar-refractivity contribution in [1.82, 2.24) is 9.88 Å². The molecule has 92 valence electrons. The minimum Gasteiger partial charge on any atom is -0.444 e. The lowest BCUT2D eigenvalue weighted by Crippen LogP contribution is -2.47. The Kier molecular flexibility index (Phi) is 3.05. The van der Waals surface area contributed by atoms with Gasteiger partial charge in [-0.25, -0.2) is 4.79 Å². The summed E-state index contributed by atoms with van der Waals surface area (Å²) in [6.45, 7) is 6.41. The van der Waals surface area contributed by atoms with E-state index in [4.69, 9.17) is 4.74 Å². The average Bonchev–Trinajstić information content (AvgIpc) is 2.14. The average molecular weight is 234 g/mol. The highest BCUT2D eigenvalue weighted by atomic mass is 16.6. The zero-order valence-corrected chi connectivity index (χ0v) is 10.5. The van der Waals surface area contributed by atoms with Gasteiger partial charge in [-0.2, -0.15) is 0 Å². The summed E-state index contributed by atoms with van der Waals surface area (Å²) in [6, 6.07) is 4.04. The number of hydrogen-bond acceptors (Lipinski definition) is 3. The second-order valence-corrected chi connectivity index (χ2v) is 5.26. The lowest BCUT2D eigenvalue weighted by atomic mass is 9.96. The van der Waals surface area contributed by atoms with Crippen molar-refractivity contribution in [2.24, 2.45) is 0 Å². The zero-order chi connectivity index (χ0) is 12.5. The maximum Gasteiger partial charge on any atom is 0.410 e. The normalized spacial score (nSPS) is 19.7. The molecule has 1 saturated heterocycles. The van der Waals surface area contributed by atoms with Gasteiger partial charge in [0.05, 0.1) is 6.04 Å². The highest BCUT2D eigenvalue weighted by Gasteiger charge is 2.35. The Labute approximate surface area is 102 Å². The van der Waals surface area contributed by atoms with Crippen LogP contribution in [0.3, 0.4) is 0 Å². The maximum absolute atomic E-state index is 11.9. The first-order valence-electron chi connectivity index (χ1n) is 5.87. The van der Waals surface area contributed by atoms with Crippen LogP contribution in [-0.2, 0) is 4.74 Å². The summed E-state index contributed by atoms with van der Waals surface area (Å²) in [6.07, 6.45) is 4.26. The van der Waals surface area contributed by atoms with E-state index in [1.807, 2.05) is 32.9 Å². The molecule has 0 aliphatic carbocycles. The number of carbonyl (C=O) groups is 1. The van der Waals surface area contributed by atoms with Crippen LogP contribution < -0.4 is 0 Å². The van der Waals surface area contributed by atoms with Crippen molar-refractivity contribution in [3.63, 3.8) is 0 Å². The number of nitrogens with zero attached hydrogens (tertiary/aromatic N) is 2. The zero-order valence-electron chi connectivity index (χ0n) is 10.5. The van der Waals surface area contributed by atoms with E-state index in [9.17, 15) is 4.79 Å². The van der Waals surface area contributed by atoms with Gasteiger partial charge >= 0.3 is 6.09 Å². The number of ether oxygens (including phenoxy) is 1. The van der Waals surface area contributed by atoms with Crippen LogP contribution in [0.2, 0.25) is 0 Å². The third-order valence-corrected chi connectivity index (χ3v) is 2.74. The first kappa shape index (κ1) is 11.9. The van der Waals surface area contributed by atoms with E-state index in [1.165, 1.54) is 0 Å². The standard InChI is InChI=1S/C13H18N2O2/c1-13(2,3)17-12(16)15-9-6-11(15)10-4-7-14-8-5-10/h4-5,7-8,11H,6,9H2,1-3H3. The van der Waals surface area contributed by atoms with E-state index in [2.05, 4.69) is 4.98 Å². The van der Waals surface area contributed by atoms with E-state index in [-0.39, 0.29) is 12.1 Å². The van der Waals surface area contributed by atoms with Gasteiger partial charge in [0.2, 0.25) is 0 Å². The van der Waals surface area contributed by atoms with Gasteiger partial charge in [0.25, 0.3) is 0 Å². The molecule has 0 saturated carbocycles. The van der Waals surface area contributed by atoms with Crippen molar-refractivity contribution in [2.45, 2.75) is 38.8 Å². The van der Waals surface area contributed by atoms with Crippen LogP contribution in [0.25, 0.3) is 0 Å². The molecule has 0 bridgehead atoms. The summed E-state index contributed by atoms with van der Waals surface area (Å²) in [7, 11) is 0. The SMILES string of the molecule is CC(C)(C)OC(=O)N1CCC1c1ccncc1. The van der Waals surface area contributed by atoms with Crippen molar-refractivity contribution in [1.29, 1.82) is 0 Å². The van der Waals surface area contributed by atoms with Crippen molar-refractivity contribution < 1.29 is 9.53 Å². The molecule has 2 heterocycles. The van der Waals surface area contributed by atoms with Crippen molar-refractivity contribution >= 4 is 6.09 Å². The smallest absolute Gasteiger partial charge is 0.410 e. The van der Waals surface area contributed by atoms with Crippen LogP contribution in [0.15, 0.2) is 24.5 Å². The van der Waals surface area contributed by atoms with Gasteiger partial charge in [0.15, 0.2) is 0 Å². The Morgan fingerprint density at radius 1 is 1.41 bits per heavy atom. The van der Waals surface area contributed by atoms with Crippen LogP contribution in [0.1, 0.15) is 38.8 Å². The molecule has 1 fully saturated rings. The third-order valence-electron chi connectivity index (χ3n) is 2.74. The number of likely N-dealkylation sites (tertiary alicyclic amines) is 1. The summed E-state index contributed by atoms with van der Waals surface area (Å²) < 4.78 is 5.36. The van der Waals surface area contributed by atoms with Gasteiger partial charge in [0.1, 0.15) is 5.60 Å². The monoisotopic (exact) mass is 234 g/mol. The molecule has 0 aromatic carbocycles. The van der Waals surface area contributed by atoms with Crippen molar-refractivity contribution in [2.75, 3.05) is 6.54 Å². The van der Waals surface area contributed by atoms with Crippen LogP contribution in [0, 0.1) is 0 Å². The molecule has 0 N–H and O–H groups in total. The van der Waals surface area contributed by atoms with Gasteiger partial charge in [-0.3, -0.25) is 4.98 Å². The molecule has 4 nitrogen and oxygen atoms in total. The van der Waals surface area contributed by atoms with E-state index in [0.717, 1.165) is 18.5 Å². The molecule has 4 heteroatoms. The predicted octanol–water partition coefficient (Wildman–Crippen LogP) is 2.76. The van der Waals surface area contributed by atoms with Crippen molar-refractivity contribution in [3.8, 4) is 0 Å². The Balaban J connectivity index is 2.02. The van der Waals surface area contributed by atoms with Gasteiger partial charge in [-0.15, -0.1) is 0 Å². The van der Waals surface area contributed by atoms with Crippen LogP contribution in [0.4, 0.5) is 4.79 Å². The number of pyridine rings is 1. The fourth-order valence-electron chi connectivity index (χ4n) is 1.86. The van der Waals surface area contributed by atoms with Crippen LogP contribution in [0.5, 0.6) is 0 Å². The molecule has 0 radical (unpaired) electrons. The molecule has 1 aromatic rings. The number of carbonyl (C=O) groups excluding carboxylic acids is 1. The lowest BCUT2D eigenvalue weighted by Gasteiger charge is -2.41. The molecule has 17 heavy (non-hydrogen) atoms. The van der Waals surface area contributed by atoms with Gasteiger partial charge < -0.3 is 9.64 Å². The molecule has 1 aliphatic heterocycles. The third kappa shape index (κ3) is 2.75. The molecule has 1 aliphatic rings. The first-order valence-corrected chi connectivity index (χ1v) is 5.87. The molecule has 2 rings (SSSR count). The Bertz CT molecular complexity index is 398. The maximum atomic E-state index is 11.9. The largest absolute Gasteiger partial charge is 0.444 e. The van der Waals surface area contributed by atoms with Gasteiger partial charge in [-0.1, -0.05) is 0 Å². The van der Waals surface area contributed by atoms with E-state index >= 15 is 0 Å². The van der Waals surface area contributed by atoms with Gasteiger partial charge in [-0.05, 0) is 44.9 Å². The minimum absolute atomic E-state index is 0.146. The molecular formula is C13H18N2O2. The van der Waals surface area contributed by atoms with Crippen molar-refractivity contribution in [3.05, 3.63) is 30.1 Å². The van der Waals surface area contributed by atoms with Crippen LogP contribution in [-0.4, -0.2) is 28.1 Å². The fourth-order valence-corrected chi connectivity index (χ4v) is 1.86. The van der Waals surface area contributed by atoms with E-state index in [0.29, 0.717) is 0 Å². The predicted molar refractivity (Wildman–Crippen MR) is 64.5 cm³/mol. The Morgan fingerprint density at radius 2 is 2.06 bits per heavy atom. The highest BCUT2D eigenvalue weighted by molar-refractivity contribution is 5.70. The molecule has 1 aromatic heterocycles. The molecular weight excluding hydrogens is 216 g/mol. The molecule has 0 spiro atoms. The number of aromatic nitrogens is 1. The summed E-state index contributed by atoms with van der Waals surface area (Å²) in [5.41, 5.74) is 0.687. The number of rotatable bonds is 1. The first-order chi connectivity index (χ1) is 7.97. The minimum atomic E-state index is -0.435. The molecule has 1 atom stereocenters. The second-order valence-electron chi connectivity index (χ2n) is 5.26. The molecule has 1 unspecified atom stereocenters. The summed E-state index contributed by atoms with van der Waals surface area (Å²) >= 11 is 0. The summed E-state index contributed by atoms with van der Waals surface area (Å²) in [5, 5.41) is 0. The second kappa shape index (κ2) is 4.35. The molecule has 1 amide bonds. The fraction of sp³-hybridized carbons (Fsp3) is 0.538. The summed E-state index contributed by atoms with van der Waals surface area (Å²) in [5.74, 6) is 0. The van der Waals surface area contributed by atoms with Crippen LogP contribution >= 0.6 is 0 Å². The topological polar surface area (TPSA) is 42.4 Å². The Hall–Kier alpha value is -1.58. The van der Waals surface area contributed by atoms with E-state index < -0.39 is 5.60 Å². The number of hydrogen-bond donors (Lipinski definition) is 0. The highest BCUT2D eigenvalue weighted by Crippen LogP contribution is 2.33. The van der Waals surface area contributed by atoms with Gasteiger partial charge in [0, 0.05) is 18.9 Å². The summed E-state index contributed by atoms with van der Waals surface area (Å²) in [4.78, 5) is 17.7. The Morgan fingerprint density at radius 3 is 2.53 bits per heavy atom. The number of amides is 1.